The zero-order chi connectivity index (χ0) is 30.2. The first-order chi connectivity index (χ1) is 21.4. The van der Waals surface area contributed by atoms with Gasteiger partial charge in [-0.1, -0.05) is 30.5 Å². The topological polar surface area (TPSA) is 101 Å². The van der Waals surface area contributed by atoms with E-state index in [0.29, 0.717) is 24.4 Å². The summed E-state index contributed by atoms with van der Waals surface area (Å²) in [5.41, 5.74) is 6.41. The maximum atomic E-state index is 17.1. The van der Waals surface area contributed by atoms with Gasteiger partial charge in [-0.3, -0.25) is 4.90 Å². The number of fused-ring (bicyclic) bond motifs is 4. The molecule has 1 atom stereocenters. The number of rotatable bonds is 4. The van der Waals surface area contributed by atoms with Crippen molar-refractivity contribution in [3.63, 3.8) is 0 Å². The third kappa shape index (κ3) is 4.14. The van der Waals surface area contributed by atoms with Crippen molar-refractivity contribution < 1.29 is 18.3 Å². The summed E-state index contributed by atoms with van der Waals surface area (Å²) >= 11 is 8.00. The van der Waals surface area contributed by atoms with E-state index in [-0.39, 0.29) is 65.7 Å². The van der Waals surface area contributed by atoms with Gasteiger partial charge in [0.1, 0.15) is 41.4 Å². The molecule has 0 saturated carbocycles. The minimum atomic E-state index is -0.706. The number of aromatic nitrogens is 2. The van der Waals surface area contributed by atoms with E-state index in [1.54, 1.807) is 0 Å². The van der Waals surface area contributed by atoms with Crippen LogP contribution in [0.4, 0.5) is 19.6 Å². The van der Waals surface area contributed by atoms with Gasteiger partial charge in [-0.15, -0.1) is 11.3 Å². The molecule has 2 aromatic heterocycles. The van der Waals surface area contributed by atoms with E-state index < -0.39 is 11.6 Å². The summed E-state index contributed by atoms with van der Waals surface area (Å²) in [6.45, 7) is 3.65. The first kappa shape index (κ1) is 28.0. The molecule has 4 aromatic rings. The minimum absolute atomic E-state index is 0.0162. The van der Waals surface area contributed by atoms with Crippen LogP contribution in [0.1, 0.15) is 56.9 Å². The quantitative estimate of drug-likeness (QED) is 0.254. The molecule has 0 spiro atoms. The Balaban J connectivity index is 1.36. The van der Waals surface area contributed by atoms with Crippen LogP contribution in [0.3, 0.4) is 0 Å². The molecule has 3 saturated heterocycles. The van der Waals surface area contributed by atoms with Crippen molar-refractivity contribution in [3.8, 4) is 29.0 Å². The van der Waals surface area contributed by atoms with Crippen LogP contribution < -0.4 is 20.1 Å². The fourth-order valence-electron chi connectivity index (χ4n) is 7.86. The lowest BCUT2D eigenvalue weighted by Crippen LogP contribution is -2.43. The van der Waals surface area contributed by atoms with E-state index in [1.165, 1.54) is 12.1 Å². The molecule has 0 amide bonds. The van der Waals surface area contributed by atoms with Crippen LogP contribution in [0.15, 0.2) is 12.1 Å². The van der Waals surface area contributed by atoms with E-state index in [2.05, 4.69) is 20.9 Å². The van der Waals surface area contributed by atoms with Crippen molar-refractivity contribution in [1.29, 1.82) is 5.26 Å². The number of halogens is 3. The number of anilines is 2. The molecular formula is C32H31ClF2N6O2S. The molecule has 6 heterocycles. The van der Waals surface area contributed by atoms with E-state index in [1.807, 2.05) is 0 Å². The monoisotopic (exact) mass is 636 g/mol. The second-order valence-corrected chi connectivity index (χ2v) is 13.8. The number of ether oxygens (including phenoxy) is 2. The predicted molar refractivity (Wildman–Crippen MR) is 168 cm³/mol. The molecule has 3 fully saturated rings. The fourth-order valence-corrected chi connectivity index (χ4v) is 9.14. The lowest BCUT2D eigenvalue weighted by molar-refractivity contribution is 0.108. The van der Waals surface area contributed by atoms with Crippen LogP contribution in [0.2, 0.25) is 5.02 Å². The van der Waals surface area contributed by atoms with Gasteiger partial charge in [0.2, 0.25) is 0 Å². The Morgan fingerprint density at radius 1 is 1.11 bits per heavy atom. The Kier molecular flexibility index (Phi) is 6.74. The number of nitriles is 1. The molecule has 4 aliphatic heterocycles. The van der Waals surface area contributed by atoms with Gasteiger partial charge in [0, 0.05) is 17.5 Å². The van der Waals surface area contributed by atoms with Crippen LogP contribution in [-0.4, -0.2) is 59.3 Å². The van der Waals surface area contributed by atoms with Gasteiger partial charge < -0.3 is 20.1 Å². The summed E-state index contributed by atoms with van der Waals surface area (Å²) < 4.78 is 44.9. The first-order valence-corrected chi connectivity index (χ1v) is 16.5. The maximum absolute atomic E-state index is 17.1. The van der Waals surface area contributed by atoms with Crippen molar-refractivity contribution in [2.75, 3.05) is 43.5 Å². The summed E-state index contributed by atoms with van der Waals surface area (Å²) in [5.74, 6) is -0.412. The molecule has 0 bridgehead atoms. The van der Waals surface area contributed by atoms with Crippen LogP contribution >= 0.6 is 22.9 Å². The summed E-state index contributed by atoms with van der Waals surface area (Å²) in [7, 11) is 0. The summed E-state index contributed by atoms with van der Waals surface area (Å²) in [6.07, 6.45) is 8.39. The molecule has 2 N–H and O–H groups in total. The van der Waals surface area contributed by atoms with Crippen molar-refractivity contribution >= 4 is 54.7 Å². The highest BCUT2D eigenvalue weighted by Crippen LogP contribution is 2.51. The van der Waals surface area contributed by atoms with Gasteiger partial charge in [0.15, 0.2) is 11.6 Å². The molecule has 44 heavy (non-hydrogen) atoms. The highest BCUT2D eigenvalue weighted by atomic mass is 35.5. The van der Waals surface area contributed by atoms with Crippen molar-refractivity contribution in [3.05, 3.63) is 34.4 Å². The van der Waals surface area contributed by atoms with Crippen LogP contribution in [0, 0.1) is 23.0 Å². The number of benzene rings is 2. The van der Waals surface area contributed by atoms with E-state index >= 15 is 4.39 Å². The lowest BCUT2D eigenvalue weighted by atomic mass is 9.95. The number of nitrogens with two attached hydrogens (primary N) is 1. The lowest BCUT2D eigenvalue weighted by Gasteiger charge is -2.32. The highest BCUT2D eigenvalue weighted by Gasteiger charge is 2.45. The largest absolute Gasteiger partial charge is 0.489 e. The Hall–Kier alpha value is -3.46. The third-order valence-electron chi connectivity index (χ3n) is 9.99. The number of nitrogen functional groups attached to an aromatic ring is 1. The third-order valence-corrected chi connectivity index (χ3v) is 11.4. The molecule has 12 heteroatoms. The van der Waals surface area contributed by atoms with Crippen molar-refractivity contribution in [1.82, 2.24) is 14.9 Å². The Morgan fingerprint density at radius 3 is 2.73 bits per heavy atom. The molecule has 2 aromatic carbocycles. The number of thiophene rings is 1. The maximum Gasteiger partial charge on any atom is 0.319 e. The second-order valence-electron chi connectivity index (χ2n) is 12.4. The zero-order valence-corrected chi connectivity index (χ0v) is 25.7. The number of nitrogens with zero attached hydrogens (tertiary/aromatic N) is 5. The molecule has 4 aliphatic rings. The summed E-state index contributed by atoms with van der Waals surface area (Å²) in [6, 6.07) is 4.88. The molecule has 8 nitrogen and oxygen atoms in total. The Bertz CT molecular complexity index is 1870. The average molecular weight is 637 g/mol. The van der Waals surface area contributed by atoms with E-state index in [0.717, 1.165) is 82.3 Å². The highest BCUT2D eigenvalue weighted by molar-refractivity contribution is 7.23. The Morgan fingerprint density at radius 2 is 1.93 bits per heavy atom. The smallest absolute Gasteiger partial charge is 0.319 e. The predicted octanol–water partition coefficient (Wildman–Crippen LogP) is 7.05. The molecular weight excluding hydrogens is 606 g/mol. The van der Waals surface area contributed by atoms with E-state index in [4.69, 9.17) is 31.8 Å². The molecule has 0 radical (unpaired) electrons. The first-order valence-electron chi connectivity index (χ1n) is 15.3. The fraction of sp³-hybridized carbons (Fsp3) is 0.469. The van der Waals surface area contributed by atoms with Crippen LogP contribution in [-0.2, 0) is 0 Å². The SMILES string of the molecule is N#Cc1c(N)sc2c(F)ccc(-c3c(Cl)c4c5c(nc(OCC67CCCN6CCC7)nc5c3F)N3CCCCCC3CO4)c12. The van der Waals surface area contributed by atoms with Gasteiger partial charge in [0.25, 0.3) is 0 Å². The summed E-state index contributed by atoms with van der Waals surface area (Å²) in [4.78, 5) is 14.3. The van der Waals surface area contributed by atoms with E-state index in [9.17, 15) is 9.65 Å². The standard InChI is InChI=1S/C32H31ClF2N6O2S/c33-24-22(18-7-8-20(34)28-21(18)19(14-36)29(37)44-28)25(35)26-23-27(24)42-15-17-6-2-1-3-13-41(17)30(23)39-31(38-26)43-16-32-9-4-11-40(32)12-5-10-32/h7-8,17H,1-6,9-13,15-16,37H2. The molecule has 0 aliphatic carbocycles. The molecule has 8 rings (SSSR count). The number of hydrogen-bond donors (Lipinski definition) is 1. The minimum Gasteiger partial charge on any atom is -0.489 e. The van der Waals surface area contributed by atoms with Gasteiger partial charge in [0.05, 0.1) is 32.3 Å². The van der Waals surface area contributed by atoms with Crippen molar-refractivity contribution in [2.24, 2.45) is 0 Å². The van der Waals surface area contributed by atoms with Crippen LogP contribution in [0.5, 0.6) is 11.8 Å². The molecule has 228 valence electrons. The Labute approximate surface area is 262 Å². The summed E-state index contributed by atoms with van der Waals surface area (Å²) in [5, 5.41) is 10.7. The number of hydrogen-bond acceptors (Lipinski definition) is 9. The normalized spacial score (nSPS) is 21.0. The molecule has 1 unspecified atom stereocenters. The average Bonchev–Trinajstić information content (AvgIpc) is 3.60. The van der Waals surface area contributed by atoms with Gasteiger partial charge in [-0.25, -0.2) is 8.78 Å². The second kappa shape index (κ2) is 10.6. The van der Waals surface area contributed by atoms with Gasteiger partial charge in [-0.2, -0.15) is 15.2 Å². The van der Waals surface area contributed by atoms with Gasteiger partial charge in [-0.05, 0) is 63.2 Å². The van der Waals surface area contributed by atoms with Crippen LogP contribution in [0.25, 0.3) is 32.1 Å². The zero-order valence-electron chi connectivity index (χ0n) is 24.1. The van der Waals surface area contributed by atoms with Crippen molar-refractivity contribution in [2.45, 2.75) is 62.9 Å². The van der Waals surface area contributed by atoms with Gasteiger partial charge >= 0.3 is 6.01 Å².